The molecule has 7 nitrogen and oxygen atoms in total. The van der Waals surface area contributed by atoms with Crippen LogP contribution >= 0.6 is 0 Å². The van der Waals surface area contributed by atoms with Gasteiger partial charge in [-0.3, -0.25) is 9.69 Å². The number of fused-ring (bicyclic) bond motifs is 1. The first kappa shape index (κ1) is 18.6. The van der Waals surface area contributed by atoms with Gasteiger partial charge < -0.3 is 24.8 Å². The second-order valence-corrected chi connectivity index (χ2v) is 6.90. The molecule has 0 radical (unpaired) electrons. The molecule has 1 saturated heterocycles. The van der Waals surface area contributed by atoms with Gasteiger partial charge in [0.1, 0.15) is 5.75 Å². The second-order valence-electron chi connectivity index (χ2n) is 6.90. The topological polar surface area (TPSA) is 72.1 Å². The zero-order chi connectivity index (χ0) is 19.3. The predicted molar refractivity (Wildman–Crippen MR) is 105 cm³/mol. The Kier molecular flexibility index (Phi) is 5.64. The molecule has 2 aromatic rings. The summed E-state index contributed by atoms with van der Waals surface area (Å²) in [4.78, 5) is 14.8. The molecule has 2 heterocycles. The zero-order valence-electron chi connectivity index (χ0n) is 15.9. The number of benzene rings is 2. The molecule has 1 amide bonds. The standard InChI is InChI=1S/C21H25N3O4/c1-26-18-5-3-2-4-16(18)17-12-22-8-9-24(17)13-21(25)23-11-15-6-7-19-20(10-15)28-14-27-19/h2-7,10,17,22H,8-9,11-14H2,1H3,(H,23,25). The maximum atomic E-state index is 12.6. The maximum absolute atomic E-state index is 12.6. The predicted octanol–water partition coefficient (Wildman–Crippen LogP) is 1.69. The number of hydrogen-bond acceptors (Lipinski definition) is 6. The van der Waals surface area contributed by atoms with Crippen LogP contribution in [0.15, 0.2) is 42.5 Å². The van der Waals surface area contributed by atoms with Crippen LogP contribution in [0.5, 0.6) is 17.2 Å². The number of carbonyl (C=O) groups is 1. The number of amides is 1. The fourth-order valence-corrected chi connectivity index (χ4v) is 3.68. The van der Waals surface area contributed by atoms with Gasteiger partial charge in [0.2, 0.25) is 12.7 Å². The van der Waals surface area contributed by atoms with Crippen LogP contribution in [0.1, 0.15) is 17.2 Å². The average Bonchev–Trinajstić information content (AvgIpc) is 3.20. The van der Waals surface area contributed by atoms with Crippen molar-refractivity contribution in [2.24, 2.45) is 0 Å². The van der Waals surface area contributed by atoms with Gasteiger partial charge in [0, 0.05) is 31.7 Å². The van der Waals surface area contributed by atoms with E-state index < -0.39 is 0 Å². The van der Waals surface area contributed by atoms with Gasteiger partial charge in [0.25, 0.3) is 0 Å². The molecule has 7 heteroatoms. The molecular weight excluding hydrogens is 358 g/mol. The fraction of sp³-hybridized carbons (Fsp3) is 0.381. The van der Waals surface area contributed by atoms with Gasteiger partial charge in [-0.1, -0.05) is 24.3 Å². The van der Waals surface area contributed by atoms with Crippen LogP contribution < -0.4 is 24.8 Å². The van der Waals surface area contributed by atoms with Crippen LogP contribution in [-0.4, -0.2) is 50.9 Å². The van der Waals surface area contributed by atoms with E-state index in [9.17, 15) is 4.79 Å². The summed E-state index contributed by atoms with van der Waals surface area (Å²) >= 11 is 0. The molecule has 2 aliphatic rings. The number of rotatable bonds is 6. The van der Waals surface area contributed by atoms with Crippen molar-refractivity contribution >= 4 is 5.91 Å². The van der Waals surface area contributed by atoms with E-state index in [-0.39, 0.29) is 18.7 Å². The molecule has 0 saturated carbocycles. The Morgan fingerprint density at radius 2 is 2.11 bits per heavy atom. The number of para-hydroxylation sites is 1. The van der Waals surface area contributed by atoms with Crippen LogP contribution in [0, 0.1) is 0 Å². The minimum absolute atomic E-state index is 0.000496. The Balaban J connectivity index is 1.38. The van der Waals surface area contributed by atoms with Gasteiger partial charge in [0.15, 0.2) is 11.5 Å². The van der Waals surface area contributed by atoms with Crippen molar-refractivity contribution in [3.63, 3.8) is 0 Å². The van der Waals surface area contributed by atoms with Gasteiger partial charge in [-0.25, -0.2) is 0 Å². The summed E-state index contributed by atoms with van der Waals surface area (Å²) in [6.45, 7) is 3.51. The van der Waals surface area contributed by atoms with Crippen LogP contribution in [0.2, 0.25) is 0 Å². The monoisotopic (exact) mass is 383 g/mol. The third-order valence-electron chi connectivity index (χ3n) is 5.13. The Hall–Kier alpha value is -2.77. The molecule has 2 N–H and O–H groups in total. The van der Waals surface area contributed by atoms with Gasteiger partial charge in [0.05, 0.1) is 19.7 Å². The molecule has 0 spiro atoms. The molecule has 28 heavy (non-hydrogen) atoms. The van der Waals surface area contributed by atoms with Gasteiger partial charge in [-0.2, -0.15) is 0 Å². The number of nitrogens with one attached hydrogen (secondary N) is 2. The quantitative estimate of drug-likeness (QED) is 0.791. The normalized spacial score (nSPS) is 18.7. The molecule has 2 aliphatic heterocycles. The molecule has 1 unspecified atom stereocenters. The SMILES string of the molecule is COc1ccccc1C1CNCCN1CC(=O)NCc1ccc2c(c1)OCO2. The average molecular weight is 383 g/mol. The third kappa shape index (κ3) is 4.05. The first-order valence-corrected chi connectivity index (χ1v) is 9.47. The summed E-state index contributed by atoms with van der Waals surface area (Å²) in [6, 6.07) is 13.8. The number of hydrogen-bond donors (Lipinski definition) is 2. The van der Waals surface area contributed by atoms with Crippen LogP contribution in [0.3, 0.4) is 0 Å². The summed E-state index contributed by atoms with van der Waals surface area (Å²) in [7, 11) is 1.68. The van der Waals surface area contributed by atoms with E-state index in [2.05, 4.69) is 21.6 Å². The van der Waals surface area contributed by atoms with Crippen molar-refractivity contribution in [2.75, 3.05) is 40.1 Å². The second kappa shape index (κ2) is 8.50. The van der Waals surface area contributed by atoms with Crippen molar-refractivity contribution < 1.29 is 19.0 Å². The minimum Gasteiger partial charge on any atom is -0.496 e. The first-order valence-electron chi connectivity index (χ1n) is 9.47. The highest BCUT2D eigenvalue weighted by Crippen LogP contribution is 2.32. The largest absolute Gasteiger partial charge is 0.496 e. The smallest absolute Gasteiger partial charge is 0.234 e. The molecule has 148 valence electrons. The molecule has 4 rings (SSSR count). The summed E-state index contributed by atoms with van der Waals surface area (Å²) in [5, 5.41) is 6.42. The summed E-state index contributed by atoms with van der Waals surface area (Å²) in [6.07, 6.45) is 0. The highest BCUT2D eigenvalue weighted by molar-refractivity contribution is 5.78. The Labute approximate surface area is 164 Å². The van der Waals surface area contributed by atoms with Gasteiger partial charge in [-0.15, -0.1) is 0 Å². The van der Waals surface area contributed by atoms with Gasteiger partial charge >= 0.3 is 0 Å². The lowest BCUT2D eigenvalue weighted by Gasteiger charge is -2.36. The number of nitrogens with zero attached hydrogens (tertiary/aromatic N) is 1. The Morgan fingerprint density at radius 3 is 3.00 bits per heavy atom. The molecule has 1 atom stereocenters. The summed E-state index contributed by atoms with van der Waals surface area (Å²) in [5.41, 5.74) is 2.08. The lowest BCUT2D eigenvalue weighted by molar-refractivity contribution is -0.123. The van der Waals surface area contributed by atoms with E-state index in [0.29, 0.717) is 13.1 Å². The highest BCUT2D eigenvalue weighted by Gasteiger charge is 2.27. The number of piperazine rings is 1. The fourth-order valence-electron chi connectivity index (χ4n) is 3.68. The highest BCUT2D eigenvalue weighted by atomic mass is 16.7. The molecule has 2 aromatic carbocycles. The van der Waals surface area contributed by atoms with Crippen molar-refractivity contribution in [1.29, 1.82) is 0 Å². The lowest BCUT2D eigenvalue weighted by atomic mass is 10.0. The van der Waals surface area contributed by atoms with E-state index >= 15 is 0 Å². The molecule has 0 aromatic heterocycles. The van der Waals surface area contributed by atoms with Crippen molar-refractivity contribution in [2.45, 2.75) is 12.6 Å². The Bertz CT molecular complexity index is 842. The zero-order valence-corrected chi connectivity index (χ0v) is 15.9. The van der Waals surface area contributed by atoms with Crippen LogP contribution in [-0.2, 0) is 11.3 Å². The van der Waals surface area contributed by atoms with E-state index in [1.165, 1.54) is 0 Å². The minimum atomic E-state index is -0.000496. The van der Waals surface area contributed by atoms with Crippen LogP contribution in [0.25, 0.3) is 0 Å². The third-order valence-corrected chi connectivity index (χ3v) is 5.13. The molecule has 1 fully saturated rings. The maximum Gasteiger partial charge on any atom is 0.234 e. The Morgan fingerprint density at radius 1 is 1.25 bits per heavy atom. The van der Waals surface area contributed by atoms with Crippen molar-refractivity contribution in [3.05, 3.63) is 53.6 Å². The van der Waals surface area contributed by atoms with E-state index in [0.717, 1.165) is 48.0 Å². The number of methoxy groups -OCH3 is 1. The summed E-state index contributed by atoms with van der Waals surface area (Å²) in [5.74, 6) is 2.32. The van der Waals surface area contributed by atoms with Crippen LogP contribution in [0.4, 0.5) is 0 Å². The first-order chi connectivity index (χ1) is 13.7. The molecule has 0 aliphatic carbocycles. The van der Waals surface area contributed by atoms with E-state index in [1.807, 2.05) is 36.4 Å². The van der Waals surface area contributed by atoms with Crippen molar-refractivity contribution in [1.82, 2.24) is 15.5 Å². The van der Waals surface area contributed by atoms with E-state index in [4.69, 9.17) is 14.2 Å². The number of ether oxygens (including phenoxy) is 3. The van der Waals surface area contributed by atoms with E-state index in [1.54, 1.807) is 7.11 Å². The summed E-state index contributed by atoms with van der Waals surface area (Å²) < 4.78 is 16.2. The van der Waals surface area contributed by atoms with Crippen molar-refractivity contribution in [3.8, 4) is 17.2 Å². The molecule has 0 bridgehead atoms. The lowest BCUT2D eigenvalue weighted by Crippen LogP contribution is -2.49. The number of carbonyl (C=O) groups excluding carboxylic acids is 1. The van der Waals surface area contributed by atoms with Gasteiger partial charge in [-0.05, 0) is 23.8 Å². The molecular formula is C21H25N3O4.